The maximum absolute atomic E-state index is 5.25. The second-order valence-electron chi connectivity index (χ2n) is 4.73. The summed E-state index contributed by atoms with van der Waals surface area (Å²) in [6.07, 6.45) is 4.10. The van der Waals surface area contributed by atoms with Crippen LogP contribution in [0.4, 0.5) is 5.69 Å². The molecule has 0 atom stereocenters. The first-order valence-electron chi connectivity index (χ1n) is 6.65. The van der Waals surface area contributed by atoms with E-state index in [9.17, 15) is 0 Å². The lowest BCUT2D eigenvalue weighted by molar-refractivity contribution is 0.355. The van der Waals surface area contributed by atoms with Crippen molar-refractivity contribution < 1.29 is 9.47 Å². The standard InChI is InChI=1S/C15H19N3O2S/c1-10-4-5-12(8-10)17-18-15(21)16-11-6-7-13(19-2)14(9-11)20-3/h6-9H,4-5H2,1-3H3,(H2,16,18,21)/b17-12-. The van der Waals surface area contributed by atoms with Crippen LogP contribution in [0.2, 0.25) is 0 Å². The Balaban J connectivity index is 1.96. The number of hydrazone groups is 1. The Hall–Kier alpha value is -2.08. The van der Waals surface area contributed by atoms with E-state index in [1.165, 1.54) is 5.57 Å². The summed E-state index contributed by atoms with van der Waals surface area (Å²) < 4.78 is 10.4. The van der Waals surface area contributed by atoms with E-state index < -0.39 is 0 Å². The summed E-state index contributed by atoms with van der Waals surface area (Å²) >= 11 is 5.22. The first-order valence-corrected chi connectivity index (χ1v) is 7.06. The molecule has 0 heterocycles. The Labute approximate surface area is 130 Å². The van der Waals surface area contributed by atoms with E-state index in [0.29, 0.717) is 16.6 Å². The molecule has 0 bridgehead atoms. The van der Waals surface area contributed by atoms with Crippen LogP contribution in [-0.2, 0) is 0 Å². The molecule has 112 valence electrons. The maximum atomic E-state index is 5.25. The number of allylic oxidation sites excluding steroid dienone is 2. The van der Waals surface area contributed by atoms with Gasteiger partial charge in [-0.15, -0.1) is 0 Å². The van der Waals surface area contributed by atoms with Gasteiger partial charge in [-0.25, -0.2) is 0 Å². The molecule has 1 aliphatic carbocycles. The van der Waals surface area contributed by atoms with Crippen molar-refractivity contribution in [3.8, 4) is 11.5 Å². The number of hydrogen-bond acceptors (Lipinski definition) is 4. The zero-order chi connectivity index (χ0) is 15.2. The SMILES string of the molecule is COc1ccc(NC(=S)N/N=C2\C=C(C)CC2)cc1OC. The van der Waals surface area contributed by atoms with Crippen LogP contribution in [0.25, 0.3) is 0 Å². The van der Waals surface area contributed by atoms with Gasteiger partial charge >= 0.3 is 0 Å². The summed E-state index contributed by atoms with van der Waals surface area (Å²) in [6, 6.07) is 5.50. The van der Waals surface area contributed by atoms with Crippen molar-refractivity contribution >= 4 is 28.7 Å². The normalized spacial score (nSPS) is 15.6. The second-order valence-corrected chi connectivity index (χ2v) is 5.14. The van der Waals surface area contributed by atoms with E-state index in [1.807, 2.05) is 18.2 Å². The number of benzene rings is 1. The molecular weight excluding hydrogens is 286 g/mol. The first kappa shape index (κ1) is 15.3. The molecule has 0 unspecified atom stereocenters. The molecule has 2 rings (SSSR count). The third-order valence-electron chi connectivity index (χ3n) is 3.13. The fraction of sp³-hybridized carbons (Fsp3) is 0.333. The Morgan fingerprint density at radius 3 is 2.57 bits per heavy atom. The molecule has 0 saturated heterocycles. The van der Waals surface area contributed by atoms with Gasteiger partial charge in [-0.1, -0.05) is 5.57 Å². The van der Waals surface area contributed by atoms with Gasteiger partial charge < -0.3 is 14.8 Å². The van der Waals surface area contributed by atoms with Gasteiger partial charge in [0.25, 0.3) is 0 Å². The predicted octanol–water partition coefficient (Wildman–Crippen LogP) is 3.09. The van der Waals surface area contributed by atoms with E-state index in [-0.39, 0.29) is 0 Å². The largest absolute Gasteiger partial charge is 0.493 e. The zero-order valence-electron chi connectivity index (χ0n) is 12.4. The second kappa shape index (κ2) is 7.08. The summed E-state index contributed by atoms with van der Waals surface area (Å²) in [6.45, 7) is 2.10. The fourth-order valence-corrected chi connectivity index (χ4v) is 2.20. The van der Waals surface area contributed by atoms with Gasteiger partial charge in [0.2, 0.25) is 0 Å². The molecule has 0 radical (unpaired) electrons. The lowest BCUT2D eigenvalue weighted by Crippen LogP contribution is -2.24. The molecule has 0 aliphatic heterocycles. The maximum Gasteiger partial charge on any atom is 0.191 e. The highest BCUT2D eigenvalue weighted by Crippen LogP contribution is 2.29. The Morgan fingerprint density at radius 2 is 1.95 bits per heavy atom. The van der Waals surface area contributed by atoms with E-state index in [2.05, 4.69) is 28.8 Å². The molecule has 0 saturated carbocycles. The Bertz CT molecular complexity index is 597. The fourth-order valence-electron chi connectivity index (χ4n) is 2.04. The minimum absolute atomic E-state index is 0.438. The molecule has 1 aliphatic rings. The summed E-state index contributed by atoms with van der Waals surface area (Å²) in [7, 11) is 3.20. The summed E-state index contributed by atoms with van der Waals surface area (Å²) in [5.74, 6) is 1.32. The van der Waals surface area contributed by atoms with Gasteiger partial charge in [0.05, 0.1) is 19.9 Å². The van der Waals surface area contributed by atoms with Gasteiger partial charge in [-0.2, -0.15) is 5.10 Å². The van der Waals surface area contributed by atoms with Gasteiger partial charge in [-0.05, 0) is 50.2 Å². The number of rotatable bonds is 4. The molecule has 1 aromatic carbocycles. The monoisotopic (exact) mass is 305 g/mol. The molecule has 2 N–H and O–H groups in total. The third kappa shape index (κ3) is 4.19. The van der Waals surface area contributed by atoms with Gasteiger partial charge in [-0.3, -0.25) is 5.43 Å². The lowest BCUT2D eigenvalue weighted by Gasteiger charge is -2.11. The highest BCUT2D eigenvalue weighted by molar-refractivity contribution is 7.80. The van der Waals surface area contributed by atoms with E-state index >= 15 is 0 Å². The Kier molecular flexibility index (Phi) is 5.16. The van der Waals surface area contributed by atoms with Crippen molar-refractivity contribution in [2.45, 2.75) is 19.8 Å². The molecule has 0 aromatic heterocycles. The number of nitrogens with one attached hydrogen (secondary N) is 2. The van der Waals surface area contributed by atoms with Crippen LogP contribution in [0.15, 0.2) is 34.9 Å². The number of nitrogens with zero attached hydrogens (tertiary/aromatic N) is 1. The van der Waals surface area contributed by atoms with Crippen molar-refractivity contribution in [1.29, 1.82) is 0 Å². The van der Waals surface area contributed by atoms with E-state index in [4.69, 9.17) is 21.7 Å². The van der Waals surface area contributed by atoms with Crippen LogP contribution in [0.1, 0.15) is 19.8 Å². The van der Waals surface area contributed by atoms with Crippen LogP contribution in [-0.4, -0.2) is 25.0 Å². The summed E-state index contributed by atoms with van der Waals surface area (Å²) in [5.41, 5.74) is 6.02. The highest BCUT2D eigenvalue weighted by Gasteiger charge is 2.08. The van der Waals surface area contributed by atoms with Crippen LogP contribution in [0.5, 0.6) is 11.5 Å². The van der Waals surface area contributed by atoms with Crippen molar-refractivity contribution in [3.05, 3.63) is 29.8 Å². The molecule has 5 nitrogen and oxygen atoms in total. The topological polar surface area (TPSA) is 54.9 Å². The van der Waals surface area contributed by atoms with Gasteiger partial charge in [0.15, 0.2) is 16.6 Å². The van der Waals surface area contributed by atoms with Crippen molar-refractivity contribution in [2.24, 2.45) is 5.10 Å². The van der Waals surface area contributed by atoms with Crippen LogP contribution in [0.3, 0.4) is 0 Å². The number of thiocarbonyl (C=S) groups is 1. The number of methoxy groups -OCH3 is 2. The number of anilines is 1. The minimum Gasteiger partial charge on any atom is -0.493 e. The highest BCUT2D eigenvalue weighted by atomic mass is 32.1. The molecule has 1 aromatic rings. The Morgan fingerprint density at radius 1 is 1.19 bits per heavy atom. The average Bonchev–Trinajstić information content (AvgIpc) is 2.90. The molecule has 6 heteroatoms. The van der Waals surface area contributed by atoms with Crippen LogP contribution < -0.4 is 20.2 Å². The van der Waals surface area contributed by atoms with Crippen molar-refractivity contribution in [3.63, 3.8) is 0 Å². The van der Waals surface area contributed by atoms with Crippen LogP contribution >= 0.6 is 12.2 Å². The van der Waals surface area contributed by atoms with Crippen LogP contribution in [0, 0.1) is 0 Å². The lowest BCUT2D eigenvalue weighted by atomic mass is 10.3. The van der Waals surface area contributed by atoms with Crippen molar-refractivity contribution in [2.75, 3.05) is 19.5 Å². The van der Waals surface area contributed by atoms with Gasteiger partial charge in [0, 0.05) is 11.8 Å². The first-order chi connectivity index (χ1) is 10.1. The number of hydrogen-bond donors (Lipinski definition) is 2. The molecule has 0 amide bonds. The zero-order valence-corrected chi connectivity index (χ0v) is 13.2. The summed E-state index contributed by atoms with van der Waals surface area (Å²) in [5, 5.41) is 7.77. The third-order valence-corrected chi connectivity index (χ3v) is 3.32. The van der Waals surface area contributed by atoms with Gasteiger partial charge in [0.1, 0.15) is 0 Å². The minimum atomic E-state index is 0.438. The number of ether oxygens (including phenoxy) is 2. The molecule has 0 fully saturated rings. The van der Waals surface area contributed by atoms with E-state index in [1.54, 1.807) is 14.2 Å². The summed E-state index contributed by atoms with van der Waals surface area (Å²) in [4.78, 5) is 0. The molecule has 0 spiro atoms. The predicted molar refractivity (Wildman–Crippen MR) is 89.3 cm³/mol. The molecule has 21 heavy (non-hydrogen) atoms. The quantitative estimate of drug-likeness (QED) is 0.661. The van der Waals surface area contributed by atoms with E-state index in [0.717, 1.165) is 24.2 Å². The average molecular weight is 305 g/mol. The smallest absolute Gasteiger partial charge is 0.191 e. The van der Waals surface area contributed by atoms with Crippen molar-refractivity contribution in [1.82, 2.24) is 5.43 Å². The molecular formula is C15H19N3O2S.